The van der Waals surface area contributed by atoms with Crippen molar-refractivity contribution in [1.29, 1.82) is 5.26 Å². The Hall–Kier alpha value is 0.580. The van der Waals surface area contributed by atoms with E-state index in [1.54, 1.807) is 0 Å². The lowest BCUT2D eigenvalue weighted by Gasteiger charge is -2.22. The molecule has 0 heterocycles. The van der Waals surface area contributed by atoms with Crippen LogP contribution in [0.5, 0.6) is 0 Å². The van der Waals surface area contributed by atoms with Crippen molar-refractivity contribution in [2.45, 2.75) is 24.1 Å². The average molecular weight is 305 g/mol. The Morgan fingerprint density at radius 1 is 1.46 bits per heavy atom. The molecule has 0 aliphatic heterocycles. The van der Waals surface area contributed by atoms with E-state index in [1.165, 1.54) is 6.08 Å². The molecule has 0 saturated carbocycles. The Morgan fingerprint density at radius 3 is 2.23 bits per heavy atom. The molecule has 0 aromatic heterocycles. The number of nitriles is 1. The predicted octanol–water partition coefficient (Wildman–Crippen LogP) is 4.58. The van der Waals surface area contributed by atoms with E-state index < -0.39 is 3.79 Å². The molecule has 0 saturated heterocycles. The lowest BCUT2D eigenvalue weighted by atomic mass is 9.90. The van der Waals surface area contributed by atoms with Gasteiger partial charge in [-0.3, -0.25) is 0 Å². The van der Waals surface area contributed by atoms with Crippen molar-refractivity contribution in [2.24, 2.45) is 5.41 Å². The first-order valence-electron chi connectivity index (χ1n) is 3.51. The fourth-order valence-corrected chi connectivity index (χ4v) is 1.83. The van der Waals surface area contributed by atoms with E-state index in [1.807, 2.05) is 13.8 Å². The molecule has 0 aromatic rings. The zero-order chi connectivity index (χ0) is 10.7. The number of hydrogen-bond acceptors (Lipinski definition) is 1. The molecule has 0 atom stereocenters. The molecule has 0 fully saturated rings. The minimum absolute atomic E-state index is 0.321. The third-order valence-electron chi connectivity index (χ3n) is 1.46. The van der Waals surface area contributed by atoms with Crippen LogP contribution >= 0.6 is 50.7 Å². The molecule has 0 spiro atoms. The molecular formula is C8H9BrCl3N. The fraction of sp³-hybridized carbons (Fsp3) is 0.625. The van der Waals surface area contributed by atoms with E-state index in [4.69, 9.17) is 40.1 Å². The van der Waals surface area contributed by atoms with Gasteiger partial charge in [-0.1, -0.05) is 64.6 Å². The van der Waals surface area contributed by atoms with Crippen LogP contribution in [0.4, 0.5) is 0 Å². The van der Waals surface area contributed by atoms with Crippen LogP contribution in [-0.4, -0.2) is 3.79 Å². The number of hydrogen-bond donors (Lipinski definition) is 0. The maximum absolute atomic E-state index is 8.55. The number of halogens is 4. The van der Waals surface area contributed by atoms with Crippen molar-refractivity contribution in [2.75, 3.05) is 0 Å². The number of allylic oxidation sites excluding steroid dienone is 2. The molecule has 0 aliphatic rings. The highest BCUT2D eigenvalue weighted by molar-refractivity contribution is 9.11. The first-order valence-corrected chi connectivity index (χ1v) is 5.44. The van der Waals surface area contributed by atoms with E-state index in [9.17, 15) is 0 Å². The Labute approximate surface area is 102 Å². The standard InChI is InChI=1S/C8H9BrCl3N/c1-7(2,3-4-13)6(9)5-8(10,11)12/h5H,3H2,1-2H3. The van der Waals surface area contributed by atoms with Crippen LogP contribution in [0.3, 0.4) is 0 Å². The second-order valence-electron chi connectivity index (χ2n) is 3.25. The summed E-state index contributed by atoms with van der Waals surface area (Å²) in [6.07, 6.45) is 1.83. The van der Waals surface area contributed by atoms with E-state index in [-0.39, 0.29) is 5.41 Å². The van der Waals surface area contributed by atoms with E-state index in [0.29, 0.717) is 6.42 Å². The van der Waals surface area contributed by atoms with Crippen molar-refractivity contribution >= 4 is 50.7 Å². The predicted molar refractivity (Wildman–Crippen MR) is 61.3 cm³/mol. The molecule has 0 rings (SSSR count). The molecule has 13 heavy (non-hydrogen) atoms. The molecular weight excluding hydrogens is 296 g/mol. The van der Waals surface area contributed by atoms with E-state index in [0.717, 1.165) is 4.48 Å². The molecule has 0 unspecified atom stereocenters. The number of nitrogens with zero attached hydrogens (tertiary/aromatic N) is 1. The molecule has 0 aliphatic carbocycles. The Morgan fingerprint density at radius 2 is 1.92 bits per heavy atom. The zero-order valence-corrected chi connectivity index (χ0v) is 11.1. The van der Waals surface area contributed by atoms with Crippen molar-refractivity contribution in [3.8, 4) is 6.07 Å². The minimum Gasteiger partial charge on any atom is -0.198 e. The second-order valence-corrected chi connectivity index (χ2v) is 6.48. The molecule has 5 heteroatoms. The normalized spacial score (nSPS) is 14.1. The molecule has 1 nitrogen and oxygen atoms in total. The topological polar surface area (TPSA) is 23.8 Å². The third kappa shape index (κ3) is 5.80. The SMILES string of the molecule is CC(C)(CC#N)C(Br)=CC(Cl)(Cl)Cl. The lowest BCUT2D eigenvalue weighted by molar-refractivity contribution is 0.486. The van der Waals surface area contributed by atoms with Crippen LogP contribution in [0.15, 0.2) is 10.6 Å². The maximum atomic E-state index is 8.55. The minimum atomic E-state index is -1.43. The van der Waals surface area contributed by atoms with Crippen LogP contribution in [0.25, 0.3) is 0 Å². The summed E-state index contributed by atoms with van der Waals surface area (Å²) >= 11 is 20.0. The number of alkyl halides is 3. The van der Waals surface area contributed by atoms with Gasteiger partial charge < -0.3 is 0 Å². The van der Waals surface area contributed by atoms with Gasteiger partial charge in [0.05, 0.1) is 6.07 Å². The summed E-state index contributed by atoms with van der Waals surface area (Å²) in [4.78, 5) is 0. The van der Waals surface area contributed by atoms with Crippen molar-refractivity contribution in [3.63, 3.8) is 0 Å². The van der Waals surface area contributed by atoms with E-state index >= 15 is 0 Å². The highest BCUT2D eigenvalue weighted by Crippen LogP contribution is 2.39. The fourth-order valence-electron chi connectivity index (χ4n) is 0.621. The molecule has 74 valence electrons. The summed E-state index contributed by atoms with van der Waals surface area (Å²) in [6.45, 7) is 3.79. The summed E-state index contributed by atoms with van der Waals surface area (Å²) in [5.41, 5.74) is -0.321. The zero-order valence-electron chi connectivity index (χ0n) is 7.24. The molecule has 0 radical (unpaired) electrons. The Kier molecular flexibility index (Phi) is 5.10. The maximum Gasteiger partial charge on any atom is 0.210 e. The number of rotatable bonds is 2. The van der Waals surface area contributed by atoms with Crippen molar-refractivity contribution in [1.82, 2.24) is 0 Å². The van der Waals surface area contributed by atoms with Gasteiger partial charge in [0.15, 0.2) is 0 Å². The van der Waals surface area contributed by atoms with Crippen molar-refractivity contribution < 1.29 is 0 Å². The van der Waals surface area contributed by atoms with Gasteiger partial charge in [0.1, 0.15) is 0 Å². The van der Waals surface area contributed by atoms with Gasteiger partial charge in [-0.15, -0.1) is 0 Å². The molecule has 0 N–H and O–H groups in total. The summed E-state index contributed by atoms with van der Waals surface area (Å²) in [6, 6.07) is 2.07. The quantitative estimate of drug-likeness (QED) is 0.685. The van der Waals surface area contributed by atoms with Crippen LogP contribution in [0.1, 0.15) is 20.3 Å². The van der Waals surface area contributed by atoms with Gasteiger partial charge in [-0.05, 0) is 6.08 Å². The second kappa shape index (κ2) is 4.89. The Balaban J connectivity index is 4.69. The van der Waals surface area contributed by atoms with Crippen LogP contribution in [-0.2, 0) is 0 Å². The van der Waals surface area contributed by atoms with Gasteiger partial charge in [-0.25, -0.2) is 0 Å². The molecule has 0 amide bonds. The van der Waals surface area contributed by atoms with Crippen molar-refractivity contribution in [3.05, 3.63) is 10.6 Å². The third-order valence-corrected chi connectivity index (χ3v) is 3.09. The van der Waals surface area contributed by atoms with Gasteiger partial charge in [0.2, 0.25) is 3.79 Å². The molecule has 0 aromatic carbocycles. The average Bonchev–Trinajstić information content (AvgIpc) is 1.82. The van der Waals surface area contributed by atoms with Gasteiger partial charge in [0.25, 0.3) is 0 Å². The first kappa shape index (κ1) is 13.6. The summed E-state index contributed by atoms with van der Waals surface area (Å²) in [7, 11) is 0. The summed E-state index contributed by atoms with van der Waals surface area (Å²) < 4.78 is -0.701. The largest absolute Gasteiger partial charge is 0.210 e. The van der Waals surface area contributed by atoms with Crippen LogP contribution in [0, 0.1) is 16.7 Å². The lowest BCUT2D eigenvalue weighted by Crippen LogP contribution is -2.12. The highest BCUT2D eigenvalue weighted by Gasteiger charge is 2.25. The Bertz CT molecular complexity index is 247. The summed E-state index contributed by atoms with van der Waals surface area (Å²) in [5.74, 6) is 0. The van der Waals surface area contributed by atoms with Crippen LogP contribution in [0.2, 0.25) is 0 Å². The smallest absolute Gasteiger partial charge is 0.198 e. The molecule has 0 bridgehead atoms. The van der Waals surface area contributed by atoms with Gasteiger partial charge in [-0.2, -0.15) is 5.26 Å². The highest BCUT2D eigenvalue weighted by atomic mass is 79.9. The van der Waals surface area contributed by atoms with Gasteiger partial charge >= 0.3 is 0 Å². The monoisotopic (exact) mass is 303 g/mol. The summed E-state index contributed by atoms with van der Waals surface area (Å²) in [5, 5.41) is 8.55. The van der Waals surface area contributed by atoms with Gasteiger partial charge in [0, 0.05) is 16.3 Å². The van der Waals surface area contributed by atoms with Crippen LogP contribution < -0.4 is 0 Å². The van der Waals surface area contributed by atoms with E-state index in [2.05, 4.69) is 22.0 Å². The first-order chi connectivity index (χ1) is 5.69.